The van der Waals surface area contributed by atoms with Crippen molar-refractivity contribution in [2.24, 2.45) is 0 Å². The lowest BCUT2D eigenvalue weighted by Gasteiger charge is -2.23. The third-order valence-corrected chi connectivity index (χ3v) is 8.91. The number of unbranched alkanes of at least 4 members (excludes halogenated alkanes) is 9. The normalized spacial score (nSPS) is 17.4. The Morgan fingerprint density at radius 3 is 1.27 bits per heavy atom. The highest BCUT2D eigenvalue weighted by atomic mass is 16.6. The average molecular weight is 669 g/mol. The number of nitrogens with zero attached hydrogens (tertiary/aromatic N) is 4. The van der Waals surface area contributed by atoms with E-state index in [0.717, 1.165) is 51.6 Å². The van der Waals surface area contributed by atoms with E-state index in [0.29, 0.717) is 24.2 Å². The minimum atomic E-state index is -0.454. The van der Waals surface area contributed by atoms with E-state index in [2.05, 4.69) is 10.6 Å². The van der Waals surface area contributed by atoms with Crippen LogP contribution in [0.3, 0.4) is 0 Å². The lowest BCUT2D eigenvalue weighted by atomic mass is 10.0. The van der Waals surface area contributed by atoms with Gasteiger partial charge in [0, 0.05) is 50.4 Å². The Morgan fingerprint density at radius 1 is 0.604 bits per heavy atom. The van der Waals surface area contributed by atoms with Crippen LogP contribution < -0.4 is 10.6 Å². The molecule has 2 aromatic carbocycles. The molecule has 2 saturated heterocycles. The lowest BCUT2D eigenvalue weighted by molar-refractivity contribution is -0.385. The van der Waals surface area contributed by atoms with E-state index in [1.165, 1.54) is 62.8 Å². The van der Waals surface area contributed by atoms with Gasteiger partial charge in [0.05, 0.1) is 22.2 Å². The molecule has 14 heteroatoms. The number of ether oxygens (including phenoxy) is 2. The van der Waals surface area contributed by atoms with Crippen molar-refractivity contribution < 1.29 is 28.9 Å². The molecule has 48 heavy (non-hydrogen) atoms. The van der Waals surface area contributed by atoms with E-state index < -0.39 is 9.85 Å². The van der Waals surface area contributed by atoms with Crippen molar-refractivity contribution in [3.63, 3.8) is 0 Å². The van der Waals surface area contributed by atoms with Gasteiger partial charge in [0.15, 0.2) is 0 Å². The summed E-state index contributed by atoms with van der Waals surface area (Å²) in [5.41, 5.74) is 1.45. The highest BCUT2D eigenvalue weighted by Gasteiger charge is 2.30. The van der Waals surface area contributed by atoms with Gasteiger partial charge in [0.1, 0.15) is 13.2 Å². The van der Waals surface area contributed by atoms with Gasteiger partial charge >= 0.3 is 12.2 Å². The van der Waals surface area contributed by atoms with Crippen LogP contribution in [0.1, 0.15) is 88.2 Å². The number of nitrogens with one attached hydrogen (secondary N) is 2. The Morgan fingerprint density at radius 2 is 0.938 bits per heavy atom. The first-order chi connectivity index (χ1) is 23.3. The van der Waals surface area contributed by atoms with Crippen molar-refractivity contribution in [1.29, 1.82) is 0 Å². The van der Waals surface area contributed by atoms with E-state index in [4.69, 9.17) is 9.47 Å². The summed E-state index contributed by atoms with van der Waals surface area (Å²) < 4.78 is 10.9. The van der Waals surface area contributed by atoms with Crippen LogP contribution in [0.4, 0.5) is 21.0 Å². The highest BCUT2D eigenvalue weighted by molar-refractivity contribution is 5.69. The van der Waals surface area contributed by atoms with Crippen molar-refractivity contribution in [3.8, 4) is 0 Å². The number of nitro groups is 2. The molecule has 2 atom stereocenters. The number of amides is 2. The maximum absolute atomic E-state index is 12.6. The van der Waals surface area contributed by atoms with Crippen LogP contribution in [0, 0.1) is 20.2 Å². The Balaban J connectivity index is 0.974. The SMILES string of the molecule is O=C(OCc1ccc([N+](=O)[O-])cc1)N1CCNC1CCCCCCCCCCCCC1NCCN1C(=O)OCc1ccc([N+](=O)[O-])cc1. The van der Waals surface area contributed by atoms with Crippen molar-refractivity contribution in [2.45, 2.75) is 103 Å². The first kappa shape index (κ1) is 36.5. The predicted octanol–water partition coefficient (Wildman–Crippen LogP) is 6.62. The molecular formula is C34H48N6O8. The molecule has 0 spiro atoms. The molecule has 0 bridgehead atoms. The summed E-state index contributed by atoms with van der Waals surface area (Å²) in [4.78, 5) is 49.4. The van der Waals surface area contributed by atoms with Crippen molar-refractivity contribution in [2.75, 3.05) is 26.2 Å². The summed E-state index contributed by atoms with van der Waals surface area (Å²) in [5, 5.41) is 28.4. The summed E-state index contributed by atoms with van der Waals surface area (Å²) in [6, 6.07) is 12.1. The molecule has 14 nitrogen and oxygen atoms in total. The van der Waals surface area contributed by atoms with Crippen LogP contribution in [-0.2, 0) is 22.7 Å². The van der Waals surface area contributed by atoms with Gasteiger partial charge in [-0.15, -0.1) is 0 Å². The van der Waals surface area contributed by atoms with E-state index in [1.807, 2.05) is 0 Å². The second-order valence-electron chi connectivity index (χ2n) is 12.4. The Hall–Kier alpha value is -4.30. The van der Waals surface area contributed by atoms with Crippen molar-refractivity contribution in [3.05, 3.63) is 79.9 Å². The molecule has 0 saturated carbocycles. The molecular weight excluding hydrogens is 620 g/mol. The van der Waals surface area contributed by atoms with Gasteiger partial charge in [-0.25, -0.2) is 9.59 Å². The monoisotopic (exact) mass is 668 g/mol. The van der Waals surface area contributed by atoms with Crippen LogP contribution in [0.2, 0.25) is 0 Å². The number of hydrogen-bond donors (Lipinski definition) is 2. The standard InChI is InChI=1S/C34H48N6O8/c41-33(47-25-27-13-17-29(18-14-27)39(43)44)37-23-21-35-31(37)11-9-7-5-3-1-2-4-6-8-10-12-32-36-22-24-38(32)34(42)48-26-28-15-19-30(20-16-28)40(45)46/h13-20,31-32,35-36H,1-12,21-26H2. The van der Waals surface area contributed by atoms with Crippen molar-refractivity contribution in [1.82, 2.24) is 20.4 Å². The quantitative estimate of drug-likeness (QED) is 0.0942. The Bertz CT molecular complexity index is 1220. The van der Waals surface area contributed by atoms with Gasteiger partial charge < -0.3 is 9.47 Å². The number of hydrogen-bond acceptors (Lipinski definition) is 10. The molecule has 0 aromatic heterocycles. The van der Waals surface area contributed by atoms with Gasteiger partial charge in [-0.3, -0.25) is 40.7 Å². The fraction of sp³-hybridized carbons (Fsp3) is 0.588. The minimum absolute atomic E-state index is 0.00933. The number of benzene rings is 2. The molecule has 4 rings (SSSR count). The van der Waals surface area contributed by atoms with Crippen LogP contribution in [0.5, 0.6) is 0 Å². The third kappa shape index (κ3) is 11.7. The molecule has 2 unspecified atom stereocenters. The molecule has 0 aliphatic carbocycles. The second kappa shape index (κ2) is 19.5. The molecule has 0 radical (unpaired) electrons. The number of non-ortho nitro benzene ring substituents is 2. The summed E-state index contributed by atoms with van der Waals surface area (Å²) in [5.74, 6) is 0. The highest BCUT2D eigenvalue weighted by Crippen LogP contribution is 2.19. The van der Waals surface area contributed by atoms with Crippen LogP contribution in [0.15, 0.2) is 48.5 Å². The zero-order valence-corrected chi connectivity index (χ0v) is 27.6. The van der Waals surface area contributed by atoms with Gasteiger partial charge in [-0.1, -0.05) is 64.2 Å². The lowest BCUT2D eigenvalue weighted by Crippen LogP contribution is -2.40. The summed E-state index contributed by atoms with van der Waals surface area (Å²) in [7, 11) is 0. The van der Waals surface area contributed by atoms with Crippen molar-refractivity contribution >= 4 is 23.6 Å². The zero-order chi connectivity index (χ0) is 34.1. The summed E-state index contributed by atoms with van der Waals surface area (Å²) in [6.07, 6.45) is 12.6. The molecule has 2 N–H and O–H groups in total. The maximum atomic E-state index is 12.6. The molecule has 2 aliphatic heterocycles. The van der Waals surface area contributed by atoms with E-state index in [9.17, 15) is 29.8 Å². The van der Waals surface area contributed by atoms with Crippen LogP contribution in [-0.4, -0.2) is 70.3 Å². The largest absolute Gasteiger partial charge is 0.445 e. The van der Waals surface area contributed by atoms with E-state index in [-0.39, 0.29) is 49.1 Å². The third-order valence-electron chi connectivity index (χ3n) is 8.91. The first-order valence-electron chi connectivity index (χ1n) is 17.1. The topological polar surface area (TPSA) is 169 Å². The second-order valence-corrected chi connectivity index (χ2v) is 12.4. The number of rotatable bonds is 19. The molecule has 2 heterocycles. The maximum Gasteiger partial charge on any atom is 0.411 e. The van der Waals surface area contributed by atoms with E-state index >= 15 is 0 Å². The average Bonchev–Trinajstić information content (AvgIpc) is 3.77. The fourth-order valence-electron chi connectivity index (χ4n) is 6.16. The fourth-order valence-corrected chi connectivity index (χ4v) is 6.16. The summed E-state index contributed by atoms with van der Waals surface area (Å²) in [6.45, 7) is 2.87. The van der Waals surface area contributed by atoms with E-state index in [1.54, 1.807) is 34.1 Å². The number of carbonyl (C=O) groups is 2. The Kier molecular flexibility index (Phi) is 14.8. The van der Waals surface area contributed by atoms with Gasteiger partial charge in [-0.05, 0) is 48.2 Å². The number of nitro benzene ring substituents is 2. The predicted molar refractivity (Wildman–Crippen MR) is 179 cm³/mol. The molecule has 2 aromatic rings. The van der Waals surface area contributed by atoms with Gasteiger partial charge in [0.2, 0.25) is 0 Å². The smallest absolute Gasteiger partial charge is 0.411 e. The molecule has 2 aliphatic rings. The Labute approximate surface area is 281 Å². The van der Waals surface area contributed by atoms with Gasteiger partial charge in [-0.2, -0.15) is 0 Å². The number of carbonyl (C=O) groups excluding carboxylic acids is 2. The molecule has 2 fully saturated rings. The van der Waals surface area contributed by atoms with Gasteiger partial charge in [0.25, 0.3) is 11.4 Å². The van der Waals surface area contributed by atoms with Crippen LogP contribution in [0.25, 0.3) is 0 Å². The zero-order valence-electron chi connectivity index (χ0n) is 27.6. The molecule has 262 valence electrons. The first-order valence-corrected chi connectivity index (χ1v) is 17.1. The minimum Gasteiger partial charge on any atom is -0.445 e. The molecule has 2 amide bonds. The van der Waals surface area contributed by atoms with Crippen LogP contribution >= 0.6 is 0 Å². The summed E-state index contributed by atoms with van der Waals surface area (Å²) >= 11 is 0.